The smallest absolute Gasteiger partial charge is 0.213 e. The Balaban J connectivity index is 2.15. The number of methoxy groups -OCH3 is 1. The van der Waals surface area contributed by atoms with E-state index in [2.05, 4.69) is 4.98 Å². The fourth-order valence-electron chi connectivity index (χ4n) is 2.02. The highest BCUT2D eigenvalue weighted by Gasteiger charge is 2.12. The van der Waals surface area contributed by atoms with Crippen LogP contribution in [0.4, 0.5) is 4.39 Å². The van der Waals surface area contributed by atoms with Crippen LogP contribution in [-0.2, 0) is 13.0 Å². The molecular weight excluding hydrogens is 271 g/mol. The normalized spacial score (nSPS) is 12.0. The van der Waals surface area contributed by atoms with Gasteiger partial charge in [-0.3, -0.25) is 0 Å². The Morgan fingerprint density at radius 1 is 1.24 bits per heavy atom. The summed E-state index contributed by atoms with van der Waals surface area (Å²) in [6, 6.07) is 10.1. The lowest BCUT2D eigenvalue weighted by atomic mass is 10.1. The van der Waals surface area contributed by atoms with Crippen LogP contribution >= 0.6 is 0 Å². The van der Waals surface area contributed by atoms with Crippen LogP contribution in [0.5, 0.6) is 11.6 Å². The van der Waals surface area contributed by atoms with E-state index in [0.717, 1.165) is 5.56 Å². The summed E-state index contributed by atoms with van der Waals surface area (Å²) in [4.78, 5) is 4.23. The van der Waals surface area contributed by atoms with Crippen LogP contribution < -0.4 is 15.2 Å². The molecule has 21 heavy (non-hydrogen) atoms. The first kappa shape index (κ1) is 15.3. The number of para-hydroxylation sites is 1. The van der Waals surface area contributed by atoms with E-state index in [1.807, 2.05) is 19.1 Å². The molecule has 1 aromatic carbocycles. The van der Waals surface area contributed by atoms with Crippen molar-refractivity contribution in [3.8, 4) is 11.6 Å². The largest absolute Gasteiger partial charge is 0.484 e. The van der Waals surface area contributed by atoms with E-state index in [-0.39, 0.29) is 18.4 Å². The van der Waals surface area contributed by atoms with Gasteiger partial charge in [-0.05, 0) is 31.0 Å². The fraction of sp³-hybridized carbons (Fsp3) is 0.312. The molecule has 0 aliphatic heterocycles. The second-order valence-electron chi connectivity index (χ2n) is 4.87. The van der Waals surface area contributed by atoms with Gasteiger partial charge in [-0.25, -0.2) is 9.37 Å². The Hall–Kier alpha value is -2.14. The maximum Gasteiger partial charge on any atom is 0.213 e. The second kappa shape index (κ2) is 7.04. The number of nitrogens with zero attached hydrogens (tertiary/aromatic N) is 1. The van der Waals surface area contributed by atoms with Gasteiger partial charge < -0.3 is 15.2 Å². The average Bonchev–Trinajstić information content (AvgIpc) is 2.46. The molecule has 0 aliphatic carbocycles. The van der Waals surface area contributed by atoms with Crippen LogP contribution in [0.1, 0.15) is 18.2 Å². The Morgan fingerprint density at radius 3 is 2.71 bits per heavy atom. The van der Waals surface area contributed by atoms with Gasteiger partial charge in [-0.15, -0.1) is 0 Å². The van der Waals surface area contributed by atoms with E-state index >= 15 is 0 Å². The van der Waals surface area contributed by atoms with Crippen LogP contribution in [0.15, 0.2) is 36.4 Å². The predicted octanol–water partition coefficient (Wildman–Crippen LogP) is 2.70. The summed E-state index contributed by atoms with van der Waals surface area (Å²) in [5.41, 5.74) is 7.21. The number of hydrogen-bond donors (Lipinski definition) is 1. The van der Waals surface area contributed by atoms with Crippen LogP contribution in [0, 0.1) is 5.82 Å². The van der Waals surface area contributed by atoms with E-state index in [4.69, 9.17) is 15.2 Å². The Labute approximate surface area is 123 Å². The van der Waals surface area contributed by atoms with Crippen LogP contribution in [0.2, 0.25) is 0 Å². The average molecular weight is 290 g/mol. The summed E-state index contributed by atoms with van der Waals surface area (Å²) in [7, 11) is 1.55. The van der Waals surface area contributed by atoms with Crippen molar-refractivity contribution in [2.75, 3.05) is 7.11 Å². The van der Waals surface area contributed by atoms with Crippen molar-refractivity contribution in [3.05, 3.63) is 53.5 Å². The summed E-state index contributed by atoms with van der Waals surface area (Å²) in [5, 5.41) is 0. The molecule has 0 saturated heterocycles. The topological polar surface area (TPSA) is 57.4 Å². The molecule has 0 fully saturated rings. The molecule has 1 unspecified atom stereocenters. The summed E-state index contributed by atoms with van der Waals surface area (Å²) < 4.78 is 24.6. The minimum atomic E-state index is -0.393. The maximum absolute atomic E-state index is 13.9. The van der Waals surface area contributed by atoms with Crippen LogP contribution in [-0.4, -0.2) is 18.1 Å². The van der Waals surface area contributed by atoms with E-state index in [1.54, 1.807) is 25.3 Å². The minimum Gasteiger partial charge on any atom is -0.484 e. The summed E-state index contributed by atoms with van der Waals surface area (Å²) in [6.07, 6.45) is 0.554. The molecule has 0 spiro atoms. The number of hydrogen-bond acceptors (Lipinski definition) is 4. The number of halogens is 1. The maximum atomic E-state index is 13.9. The summed E-state index contributed by atoms with van der Waals surface area (Å²) in [6.45, 7) is 2.04. The fourth-order valence-corrected chi connectivity index (χ4v) is 2.02. The van der Waals surface area contributed by atoms with Gasteiger partial charge in [0.25, 0.3) is 0 Å². The number of benzene rings is 1. The lowest BCUT2D eigenvalue weighted by Gasteiger charge is -2.14. The molecule has 0 aliphatic rings. The highest BCUT2D eigenvalue weighted by Crippen LogP contribution is 2.24. The lowest BCUT2D eigenvalue weighted by Crippen LogP contribution is -2.18. The van der Waals surface area contributed by atoms with Crippen molar-refractivity contribution in [3.63, 3.8) is 0 Å². The number of aromatic nitrogens is 1. The quantitative estimate of drug-likeness (QED) is 0.888. The zero-order valence-electron chi connectivity index (χ0n) is 12.2. The van der Waals surface area contributed by atoms with Gasteiger partial charge in [-0.2, -0.15) is 0 Å². The van der Waals surface area contributed by atoms with Crippen molar-refractivity contribution >= 4 is 0 Å². The number of rotatable bonds is 6. The van der Waals surface area contributed by atoms with Crippen molar-refractivity contribution in [1.82, 2.24) is 4.98 Å². The molecule has 0 radical (unpaired) electrons. The molecule has 2 N–H and O–H groups in total. The van der Waals surface area contributed by atoms with E-state index in [1.165, 1.54) is 6.07 Å². The van der Waals surface area contributed by atoms with Gasteiger partial charge in [0.1, 0.15) is 6.61 Å². The van der Waals surface area contributed by atoms with E-state index in [9.17, 15) is 4.39 Å². The van der Waals surface area contributed by atoms with E-state index in [0.29, 0.717) is 18.0 Å². The molecule has 0 bridgehead atoms. The predicted molar refractivity (Wildman–Crippen MR) is 78.9 cm³/mol. The highest BCUT2D eigenvalue weighted by atomic mass is 19.1. The van der Waals surface area contributed by atoms with Gasteiger partial charge in [-0.1, -0.05) is 18.2 Å². The summed E-state index contributed by atoms with van der Waals surface area (Å²) in [5.74, 6) is 0.343. The molecule has 1 aromatic heterocycles. The Morgan fingerprint density at radius 2 is 2.00 bits per heavy atom. The molecule has 112 valence electrons. The van der Waals surface area contributed by atoms with Gasteiger partial charge in [0.15, 0.2) is 11.6 Å². The minimum absolute atomic E-state index is 0.0657. The zero-order chi connectivity index (χ0) is 15.2. The van der Waals surface area contributed by atoms with Crippen LogP contribution in [0.3, 0.4) is 0 Å². The van der Waals surface area contributed by atoms with Crippen LogP contribution in [0.25, 0.3) is 0 Å². The zero-order valence-corrected chi connectivity index (χ0v) is 12.2. The third kappa shape index (κ3) is 4.16. The van der Waals surface area contributed by atoms with Crippen molar-refractivity contribution in [1.29, 1.82) is 0 Å². The standard InChI is InChI=1S/C16H19FN2O2/c1-11(18)9-12-5-3-7-14(17)16(12)21-10-13-6-4-8-15(19-13)20-2/h3-8,11H,9-10,18H2,1-2H3. The lowest BCUT2D eigenvalue weighted by molar-refractivity contribution is 0.280. The second-order valence-corrected chi connectivity index (χ2v) is 4.87. The SMILES string of the molecule is COc1cccc(COc2c(F)cccc2CC(C)N)n1. The van der Waals surface area contributed by atoms with Gasteiger partial charge in [0.05, 0.1) is 12.8 Å². The Kier molecular flexibility index (Phi) is 5.11. The van der Waals surface area contributed by atoms with Gasteiger partial charge in [0.2, 0.25) is 5.88 Å². The first-order valence-electron chi connectivity index (χ1n) is 6.76. The number of nitrogens with two attached hydrogens (primary N) is 1. The van der Waals surface area contributed by atoms with Gasteiger partial charge >= 0.3 is 0 Å². The molecule has 1 heterocycles. The molecule has 5 heteroatoms. The van der Waals surface area contributed by atoms with Gasteiger partial charge in [0, 0.05) is 12.1 Å². The number of pyridine rings is 1. The molecule has 2 rings (SSSR count). The molecule has 0 amide bonds. The first-order chi connectivity index (χ1) is 10.1. The highest BCUT2D eigenvalue weighted by molar-refractivity contribution is 5.35. The monoisotopic (exact) mass is 290 g/mol. The van der Waals surface area contributed by atoms with Crippen molar-refractivity contribution < 1.29 is 13.9 Å². The summed E-state index contributed by atoms with van der Waals surface area (Å²) >= 11 is 0. The third-order valence-corrected chi connectivity index (χ3v) is 2.95. The Bertz CT molecular complexity index is 603. The molecule has 0 saturated carbocycles. The first-order valence-corrected chi connectivity index (χ1v) is 6.76. The third-order valence-electron chi connectivity index (χ3n) is 2.95. The molecular formula is C16H19FN2O2. The molecule has 1 atom stereocenters. The number of ether oxygens (including phenoxy) is 2. The molecule has 2 aromatic rings. The van der Waals surface area contributed by atoms with E-state index < -0.39 is 5.82 Å². The van der Waals surface area contributed by atoms with Crippen molar-refractivity contribution in [2.45, 2.75) is 26.0 Å². The molecule has 4 nitrogen and oxygen atoms in total. The van der Waals surface area contributed by atoms with Crippen molar-refractivity contribution in [2.24, 2.45) is 5.73 Å².